The molecule has 8 heteroatoms. The van der Waals surface area contributed by atoms with E-state index in [2.05, 4.69) is 27.2 Å². The molecule has 1 N–H and O–H groups in total. The fourth-order valence-corrected chi connectivity index (χ4v) is 3.71. The number of nitrogens with one attached hydrogen (secondary N) is 1. The van der Waals surface area contributed by atoms with Crippen LogP contribution in [0.25, 0.3) is 11.2 Å². The lowest BCUT2D eigenvalue weighted by Crippen LogP contribution is -2.29. The van der Waals surface area contributed by atoms with Gasteiger partial charge in [0.25, 0.3) is 0 Å². The van der Waals surface area contributed by atoms with Gasteiger partial charge in [-0.15, -0.1) is 0 Å². The summed E-state index contributed by atoms with van der Waals surface area (Å²) in [6.07, 6.45) is 4.56. The zero-order valence-electron chi connectivity index (χ0n) is 15.8. The smallest absolute Gasteiger partial charge is 0.224 e. The van der Waals surface area contributed by atoms with Crippen molar-refractivity contribution in [1.29, 1.82) is 0 Å². The standard InChI is InChI=1S/C20H23FN6O/c1-26-9-5-15(13-26)18-19-20(24-7-6-23-19)27(25-18)10-8-22-17(28)12-14-3-2-4-16(21)11-14/h2-4,6-7,11,15H,5,8-10,12-13H2,1H3,(H,22,28). The number of likely N-dealkylation sites (N-methyl/N-ethyl adjacent to an activating group) is 1. The van der Waals surface area contributed by atoms with Crippen molar-refractivity contribution in [3.63, 3.8) is 0 Å². The molecule has 0 radical (unpaired) electrons. The Bertz CT molecular complexity index is 988. The number of rotatable bonds is 6. The molecule has 1 atom stereocenters. The number of hydrogen-bond donors (Lipinski definition) is 1. The molecule has 0 saturated carbocycles. The second-order valence-electron chi connectivity index (χ2n) is 7.24. The summed E-state index contributed by atoms with van der Waals surface area (Å²) >= 11 is 0. The Balaban J connectivity index is 1.41. The highest BCUT2D eigenvalue weighted by Crippen LogP contribution is 2.29. The number of carbonyl (C=O) groups excluding carboxylic acids is 1. The minimum Gasteiger partial charge on any atom is -0.354 e. The zero-order valence-corrected chi connectivity index (χ0v) is 15.8. The van der Waals surface area contributed by atoms with Gasteiger partial charge >= 0.3 is 0 Å². The molecule has 7 nitrogen and oxygen atoms in total. The van der Waals surface area contributed by atoms with Crippen LogP contribution in [0.5, 0.6) is 0 Å². The van der Waals surface area contributed by atoms with Crippen molar-refractivity contribution < 1.29 is 9.18 Å². The molecule has 2 aromatic heterocycles. The van der Waals surface area contributed by atoms with Crippen LogP contribution >= 0.6 is 0 Å². The van der Waals surface area contributed by atoms with Crippen molar-refractivity contribution in [2.24, 2.45) is 0 Å². The summed E-state index contributed by atoms with van der Waals surface area (Å²) in [5, 5.41) is 7.63. The van der Waals surface area contributed by atoms with Crippen molar-refractivity contribution in [2.45, 2.75) is 25.3 Å². The van der Waals surface area contributed by atoms with Crippen LogP contribution in [0.3, 0.4) is 0 Å². The molecule has 0 bridgehead atoms. The van der Waals surface area contributed by atoms with E-state index in [0.717, 1.165) is 36.4 Å². The Morgan fingerprint density at radius 1 is 1.32 bits per heavy atom. The van der Waals surface area contributed by atoms with Crippen LogP contribution in [0.1, 0.15) is 23.6 Å². The number of nitrogens with zero attached hydrogens (tertiary/aromatic N) is 5. The largest absolute Gasteiger partial charge is 0.354 e. The van der Waals surface area contributed by atoms with E-state index in [1.165, 1.54) is 12.1 Å². The summed E-state index contributed by atoms with van der Waals surface area (Å²) in [5.41, 5.74) is 3.22. The van der Waals surface area contributed by atoms with Crippen LogP contribution in [0.2, 0.25) is 0 Å². The van der Waals surface area contributed by atoms with Gasteiger partial charge in [0.1, 0.15) is 11.3 Å². The van der Waals surface area contributed by atoms with Crippen LogP contribution < -0.4 is 5.32 Å². The molecular formula is C20H23FN6O. The van der Waals surface area contributed by atoms with Crippen LogP contribution in [0, 0.1) is 5.82 Å². The summed E-state index contributed by atoms with van der Waals surface area (Å²) < 4.78 is 15.1. The van der Waals surface area contributed by atoms with E-state index in [-0.39, 0.29) is 18.1 Å². The lowest BCUT2D eigenvalue weighted by molar-refractivity contribution is -0.120. The molecule has 4 rings (SSSR count). The highest BCUT2D eigenvalue weighted by Gasteiger charge is 2.27. The van der Waals surface area contributed by atoms with Crippen LogP contribution in [-0.4, -0.2) is 57.2 Å². The first-order valence-electron chi connectivity index (χ1n) is 9.47. The van der Waals surface area contributed by atoms with E-state index >= 15 is 0 Å². The van der Waals surface area contributed by atoms with Crippen LogP contribution in [0.4, 0.5) is 4.39 Å². The van der Waals surface area contributed by atoms with Gasteiger partial charge in [0.15, 0.2) is 5.65 Å². The lowest BCUT2D eigenvalue weighted by Gasteiger charge is -2.08. The predicted molar refractivity (Wildman–Crippen MR) is 103 cm³/mol. The van der Waals surface area contributed by atoms with Crippen LogP contribution in [-0.2, 0) is 17.8 Å². The maximum Gasteiger partial charge on any atom is 0.224 e. The molecule has 146 valence electrons. The molecule has 0 spiro atoms. The van der Waals surface area contributed by atoms with Crippen molar-refractivity contribution in [3.05, 3.63) is 53.7 Å². The topological polar surface area (TPSA) is 75.9 Å². The minimum absolute atomic E-state index is 0.147. The molecule has 1 fully saturated rings. The maximum atomic E-state index is 13.2. The monoisotopic (exact) mass is 382 g/mol. The number of halogens is 1. The Kier molecular flexibility index (Phi) is 5.29. The fourth-order valence-electron chi connectivity index (χ4n) is 3.71. The summed E-state index contributed by atoms with van der Waals surface area (Å²) in [6, 6.07) is 6.09. The van der Waals surface area contributed by atoms with E-state index in [1.807, 2.05) is 4.68 Å². The third-order valence-corrected chi connectivity index (χ3v) is 5.07. The average Bonchev–Trinajstić information content (AvgIpc) is 3.26. The minimum atomic E-state index is -0.336. The summed E-state index contributed by atoms with van der Waals surface area (Å²) in [7, 11) is 2.11. The first-order chi connectivity index (χ1) is 13.6. The quantitative estimate of drug-likeness (QED) is 0.703. The number of likely N-dealkylation sites (tertiary alicyclic amines) is 1. The highest BCUT2D eigenvalue weighted by atomic mass is 19.1. The van der Waals surface area contributed by atoms with Gasteiger partial charge in [0.2, 0.25) is 5.91 Å². The van der Waals surface area contributed by atoms with Gasteiger partial charge in [-0.25, -0.2) is 19.0 Å². The summed E-state index contributed by atoms with van der Waals surface area (Å²) in [6.45, 7) is 2.95. The van der Waals surface area contributed by atoms with Gasteiger partial charge in [-0.05, 0) is 37.7 Å². The highest BCUT2D eigenvalue weighted by molar-refractivity contribution is 5.78. The number of benzene rings is 1. The molecule has 1 aliphatic heterocycles. The van der Waals surface area contributed by atoms with Gasteiger partial charge in [0.05, 0.1) is 18.7 Å². The second-order valence-corrected chi connectivity index (χ2v) is 7.24. The normalized spacial score (nSPS) is 17.3. The average molecular weight is 382 g/mol. The molecule has 0 aliphatic carbocycles. The molecular weight excluding hydrogens is 359 g/mol. The maximum absolute atomic E-state index is 13.2. The molecule has 1 aliphatic rings. The molecule has 1 aromatic carbocycles. The molecule has 1 unspecified atom stereocenters. The predicted octanol–water partition coefficient (Wildman–Crippen LogP) is 1.74. The first-order valence-corrected chi connectivity index (χ1v) is 9.47. The molecule has 1 saturated heterocycles. The van der Waals surface area contributed by atoms with Gasteiger partial charge in [-0.1, -0.05) is 12.1 Å². The molecule has 28 heavy (non-hydrogen) atoms. The summed E-state index contributed by atoms with van der Waals surface area (Å²) in [5.74, 6) is -0.129. The van der Waals surface area contributed by atoms with E-state index in [1.54, 1.807) is 24.5 Å². The number of fused-ring (bicyclic) bond motifs is 1. The van der Waals surface area contributed by atoms with Gasteiger partial charge in [-0.3, -0.25) is 4.79 Å². The van der Waals surface area contributed by atoms with Crippen molar-refractivity contribution in [1.82, 2.24) is 30.0 Å². The van der Waals surface area contributed by atoms with Gasteiger partial charge in [0, 0.05) is 31.4 Å². The fraction of sp³-hybridized carbons (Fsp3) is 0.400. The Hall–Kier alpha value is -2.87. The van der Waals surface area contributed by atoms with Crippen molar-refractivity contribution >= 4 is 17.1 Å². The van der Waals surface area contributed by atoms with Crippen molar-refractivity contribution in [2.75, 3.05) is 26.7 Å². The molecule has 3 heterocycles. The molecule has 1 amide bonds. The van der Waals surface area contributed by atoms with E-state index < -0.39 is 0 Å². The Labute approximate surface area is 162 Å². The van der Waals surface area contributed by atoms with Crippen LogP contribution in [0.15, 0.2) is 36.7 Å². The van der Waals surface area contributed by atoms with Gasteiger partial charge < -0.3 is 10.2 Å². The lowest BCUT2D eigenvalue weighted by atomic mass is 10.0. The zero-order chi connectivity index (χ0) is 19.5. The number of amides is 1. The van der Waals surface area contributed by atoms with Crippen molar-refractivity contribution in [3.8, 4) is 0 Å². The first kappa shape index (κ1) is 18.5. The third-order valence-electron chi connectivity index (χ3n) is 5.07. The van der Waals surface area contributed by atoms with E-state index in [9.17, 15) is 9.18 Å². The van der Waals surface area contributed by atoms with E-state index in [0.29, 0.717) is 24.6 Å². The van der Waals surface area contributed by atoms with Gasteiger partial charge in [-0.2, -0.15) is 5.10 Å². The number of hydrogen-bond acceptors (Lipinski definition) is 5. The Morgan fingerprint density at radius 2 is 2.18 bits per heavy atom. The van der Waals surface area contributed by atoms with E-state index in [4.69, 9.17) is 5.10 Å². The summed E-state index contributed by atoms with van der Waals surface area (Å²) in [4.78, 5) is 23.4. The third kappa shape index (κ3) is 4.01. The molecule has 3 aromatic rings. The second kappa shape index (κ2) is 8.02. The Morgan fingerprint density at radius 3 is 2.96 bits per heavy atom. The number of aromatic nitrogens is 4. The SMILES string of the molecule is CN1CCC(c2nn(CCNC(=O)Cc3cccc(F)c3)c3nccnc23)C1. The number of carbonyl (C=O) groups is 1.